The zero-order valence-electron chi connectivity index (χ0n) is 10.9. The summed E-state index contributed by atoms with van der Waals surface area (Å²) in [6, 6.07) is 9.43. The van der Waals surface area contributed by atoms with Crippen molar-refractivity contribution in [3.8, 4) is 0 Å². The molecule has 0 spiro atoms. The smallest absolute Gasteiger partial charge is 0.252 e. The zero-order chi connectivity index (χ0) is 13.5. The summed E-state index contributed by atoms with van der Waals surface area (Å²) in [6.45, 7) is 1.40. The van der Waals surface area contributed by atoms with Crippen LogP contribution in [0.2, 0.25) is 0 Å². The molecule has 0 fully saturated rings. The van der Waals surface area contributed by atoms with E-state index in [1.165, 1.54) is 0 Å². The third-order valence-electron chi connectivity index (χ3n) is 3.06. The number of benzene rings is 1. The molecule has 0 bridgehead atoms. The van der Waals surface area contributed by atoms with Crippen LogP contribution < -0.4 is 11.1 Å². The number of nitrogens with zero attached hydrogens (tertiary/aromatic N) is 1. The van der Waals surface area contributed by atoms with Crippen LogP contribution in [0.5, 0.6) is 0 Å². The Morgan fingerprint density at radius 1 is 1.16 bits per heavy atom. The Kier molecular flexibility index (Phi) is 4.86. The number of carbonyl (C=O) groups is 1. The summed E-state index contributed by atoms with van der Waals surface area (Å²) >= 11 is 0. The van der Waals surface area contributed by atoms with Gasteiger partial charge in [0.25, 0.3) is 5.91 Å². The highest BCUT2D eigenvalue weighted by Gasteiger charge is 2.09. The van der Waals surface area contributed by atoms with Crippen LogP contribution in [0.3, 0.4) is 0 Å². The highest BCUT2D eigenvalue weighted by Crippen LogP contribution is 2.15. The van der Waals surface area contributed by atoms with Crippen LogP contribution in [0.25, 0.3) is 10.9 Å². The number of nitrogens with two attached hydrogens (primary N) is 1. The summed E-state index contributed by atoms with van der Waals surface area (Å²) in [6.07, 6.45) is 4.69. The standard InChI is InChI=1S/C15H19N3O/c16-9-4-1-5-10-18-15(19)13-8-11-17-14-7-3-2-6-12(13)14/h2-3,6-8,11H,1,4-5,9-10,16H2,(H,18,19). The largest absolute Gasteiger partial charge is 0.352 e. The second-order valence-electron chi connectivity index (χ2n) is 4.48. The van der Waals surface area contributed by atoms with E-state index < -0.39 is 0 Å². The second-order valence-corrected chi connectivity index (χ2v) is 4.48. The van der Waals surface area contributed by atoms with Gasteiger partial charge in [0.1, 0.15) is 0 Å². The van der Waals surface area contributed by atoms with Crippen LogP contribution in [-0.2, 0) is 0 Å². The number of hydrogen-bond donors (Lipinski definition) is 2. The van der Waals surface area contributed by atoms with E-state index in [0.29, 0.717) is 18.7 Å². The number of nitrogens with one attached hydrogen (secondary N) is 1. The van der Waals surface area contributed by atoms with Gasteiger partial charge in [0.15, 0.2) is 0 Å². The summed E-state index contributed by atoms with van der Waals surface area (Å²) in [4.78, 5) is 16.4. The minimum Gasteiger partial charge on any atom is -0.352 e. The first-order valence-electron chi connectivity index (χ1n) is 6.65. The van der Waals surface area contributed by atoms with E-state index in [9.17, 15) is 4.79 Å². The van der Waals surface area contributed by atoms with Gasteiger partial charge in [-0.1, -0.05) is 24.6 Å². The summed E-state index contributed by atoms with van der Waals surface area (Å²) in [5.74, 6) is -0.0358. The SMILES string of the molecule is NCCCCCNC(=O)c1ccnc2ccccc12. The Hall–Kier alpha value is -1.94. The molecule has 100 valence electrons. The van der Waals surface area contributed by atoms with Crippen molar-refractivity contribution in [2.45, 2.75) is 19.3 Å². The predicted molar refractivity (Wildman–Crippen MR) is 77.0 cm³/mol. The first kappa shape index (κ1) is 13.5. The molecule has 0 aliphatic carbocycles. The molecule has 3 N–H and O–H groups in total. The highest BCUT2D eigenvalue weighted by atomic mass is 16.1. The molecule has 0 aliphatic heterocycles. The molecule has 19 heavy (non-hydrogen) atoms. The van der Waals surface area contributed by atoms with E-state index in [4.69, 9.17) is 5.73 Å². The van der Waals surface area contributed by atoms with Gasteiger partial charge in [0.05, 0.1) is 11.1 Å². The first-order valence-corrected chi connectivity index (χ1v) is 6.65. The highest BCUT2D eigenvalue weighted by molar-refractivity contribution is 6.05. The van der Waals surface area contributed by atoms with E-state index in [-0.39, 0.29) is 5.91 Å². The quantitative estimate of drug-likeness (QED) is 0.779. The molecule has 0 radical (unpaired) electrons. The van der Waals surface area contributed by atoms with E-state index >= 15 is 0 Å². The fourth-order valence-electron chi connectivity index (χ4n) is 2.04. The molecule has 0 saturated carbocycles. The maximum Gasteiger partial charge on any atom is 0.252 e. The van der Waals surface area contributed by atoms with Crippen molar-refractivity contribution < 1.29 is 4.79 Å². The number of para-hydroxylation sites is 1. The van der Waals surface area contributed by atoms with Gasteiger partial charge in [-0.25, -0.2) is 0 Å². The van der Waals surface area contributed by atoms with Crippen molar-refractivity contribution >= 4 is 16.8 Å². The lowest BCUT2D eigenvalue weighted by Gasteiger charge is -2.07. The number of fused-ring (bicyclic) bond motifs is 1. The van der Waals surface area contributed by atoms with Crippen molar-refractivity contribution in [2.75, 3.05) is 13.1 Å². The van der Waals surface area contributed by atoms with Gasteiger partial charge in [-0.05, 0) is 31.5 Å². The number of rotatable bonds is 6. The topological polar surface area (TPSA) is 68.0 Å². The molecule has 0 aliphatic rings. The molecule has 2 rings (SSSR count). The number of amides is 1. The molecular formula is C15H19N3O. The van der Waals surface area contributed by atoms with Gasteiger partial charge in [0, 0.05) is 18.1 Å². The molecule has 0 atom stereocenters. The Morgan fingerprint density at radius 3 is 2.84 bits per heavy atom. The van der Waals surface area contributed by atoms with Crippen molar-refractivity contribution in [3.05, 3.63) is 42.1 Å². The van der Waals surface area contributed by atoms with Gasteiger partial charge < -0.3 is 11.1 Å². The van der Waals surface area contributed by atoms with Crippen LogP contribution in [0.4, 0.5) is 0 Å². The third kappa shape index (κ3) is 3.51. The lowest BCUT2D eigenvalue weighted by Crippen LogP contribution is -2.24. The monoisotopic (exact) mass is 257 g/mol. The fourth-order valence-corrected chi connectivity index (χ4v) is 2.04. The van der Waals surface area contributed by atoms with Crippen molar-refractivity contribution in [2.24, 2.45) is 5.73 Å². The summed E-state index contributed by atoms with van der Waals surface area (Å²) in [5.41, 5.74) is 6.96. The van der Waals surface area contributed by atoms with E-state index in [1.54, 1.807) is 12.3 Å². The maximum atomic E-state index is 12.1. The third-order valence-corrected chi connectivity index (χ3v) is 3.06. The van der Waals surface area contributed by atoms with Crippen molar-refractivity contribution in [3.63, 3.8) is 0 Å². The average molecular weight is 257 g/mol. The normalized spacial score (nSPS) is 10.6. The van der Waals surface area contributed by atoms with Gasteiger partial charge in [-0.2, -0.15) is 0 Å². The number of unbranched alkanes of at least 4 members (excludes halogenated alkanes) is 2. The number of carbonyl (C=O) groups excluding carboxylic acids is 1. The van der Waals surface area contributed by atoms with Gasteiger partial charge in [-0.15, -0.1) is 0 Å². The van der Waals surface area contributed by atoms with Crippen LogP contribution in [0.15, 0.2) is 36.5 Å². The number of hydrogen-bond acceptors (Lipinski definition) is 3. The van der Waals surface area contributed by atoms with Crippen LogP contribution in [0.1, 0.15) is 29.6 Å². The molecule has 4 heteroatoms. The van der Waals surface area contributed by atoms with Gasteiger partial charge >= 0.3 is 0 Å². The van der Waals surface area contributed by atoms with Crippen molar-refractivity contribution in [1.29, 1.82) is 0 Å². The molecule has 0 saturated heterocycles. The Balaban J connectivity index is 2.01. The molecule has 4 nitrogen and oxygen atoms in total. The molecule has 1 amide bonds. The summed E-state index contributed by atoms with van der Waals surface area (Å²) in [5, 5.41) is 3.84. The minimum absolute atomic E-state index is 0.0358. The molecule has 1 aromatic heterocycles. The van der Waals surface area contributed by atoms with E-state index in [2.05, 4.69) is 10.3 Å². The van der Waals surface area contributed by atoms with Crippen LogP contribution >= 0.6 is 0 Å². The second kappa shape index (κ2) is 6.85. The van der Waals surface area contributed by atoms with Gasteiger partial charge in [0.2, 0.25) is 0 Å². The fraction of sp³-hybridized carbons (Fsp3) is 0.333. The van der Waals surface area contributed by atoms with Crippen LogP contribution in [0, 0.1) is 0 Å². The summed E-state index contributed by atoms with van der Waals surface area (Å²) < 4.78 is 0. The molecular weight excluding hydrogens is 238 g/mol. The molecule has 1 heterocycles. The number of pyridine rings is 1. The zero-order valence-corrected chi connectivity index (χ0v) is 10.9. The van der Waals surface area contributed by atoms with Crippen LogP contribution in [-0.4, -0.2) is 24.0 Å². The Morgan fingerprint density at radius 2 is 2.00 bits per heavy atom. The maximum absolute atomic E-state index is 12.1. The minimum atomic E-state index is -0.0358. The van der Waals surface area contributed by atoms with Gasteiger partial charge in [-0.3, -0.25) is 9.78 Å². The Bertz CT molecular complexity index is 549. The molecule has 0 unspecified atom stereocenters. The Labute approximate surface area is 113 Å². The van der Waals surface area contributed by atoms with Crippen molar-refractivity contribution in [1.82, 2.24) is 10.3 Å². The lowest BCUT2D eigenvalue weighted by atomic mass is 10.1. The first-order chi connectivity index (χ1) is 9.33. The average Bonchev–Trinajstić information content (AvgIpc) is 2.46. The molecule has 1 aromatic carbocycles. The number of aromatic nitrogens is 1. The summed E-state index contributed by atoms with van der Waals surface area (Å²) in [7, 11) is 0. The predicted octanol–water partition coefficient (Wildman–Crippen LogP) is 2.09. The van der Waals surface area contributed by atoms with E-state index in [1.807, 2.05) is 24.3 Å². The lowest BCUT2D eigenvalue weighted by molar-refractivity contribution is 0.0954. The molecule has 2 aromatic rings. The van der Waals surface area contributed by atoms with E-state index in [0.717, 1.165) is 30.2 Å².